The second-order valence-electron chi connectivity index (χ2n) is 7.99. The summed E-state index contributed by atoms with van der Waals surface area (Å²) < 4.78 is 5.18. The van der Waals surface area contributed by atoms with E-state index in [1.165, 1.54) is 18.2 Å². The smallest absolute Gasteiger partial charge is 0.270 e. The molecule has 0 radical (unpaired) electrons. The van der Waals surface area contributed by atoms with E-state index < -0.39 is 10.7 Å². The number of hydrogen-bond acceptors (Lipinski definition) is 7. The number of carbonyl (C=O) groups excluding carboxylic acids is 2. The number of nitro benzene ring substituents is 1. The third kappa shape index (κ3) is 5.39. The minimum absolute atomic E-state index is 0.0431. The molecule has 0 unspecified atom stereocenters. The maximum atomic E-state index is 12.9. The van der Waals surface area contributed by atoms with Gasteiger partial charge in [-0.25, -0.2) is 0 Å². The summed E-state index contributed by atoms with van der Waals surface area (Å²) in [6, 6.07) is 12.1. The molecule has 31 heavy (non-hydrogen) atoms. The molecular formula is C22H22N4O5. The zero-order valence-corrected chi connectivity index (χ0v) is 17.4. The van der Waals surface area contributed by atoms with Crippen LogP contribution in [0.2, 0.25) is 0 Å². The second-order valence-corrected chi connectivity index (χ2v) is 7.99. The normalized spacial score (nSPS) is 11.2. The van der Waals surface area contributed by atoms with Gasteiger partial charge in [-0.1, -0.05) is 56.3 Å². The minimum Gasteiger partial charge on any atom is -0.339 e. The monoisotopic (exact) mass is 422 g/mol. The second kappa shape index (κ2) is 8.86. The highest BCUT2D eigenvalue weighted by Gasteiger charge is 2.22. The van der Waals surface area contributed by atoms with E-state index in [-0.39, 0.29) is 41.1 Å². The van der Waals surface area contributed by atoms with Crippen LogP contribution in [0.1, 0.15) is 54.8 Å². The van der Waals surface area contributed by atoms with Crippen molar-refractivity contribution in [2.24, 2.45) is 0 Å². The summed E-state index contributed by atoms with van der Waals surface area (Å²) in [7, 11) is 0. The number of carbonyl (C=O) groups is 2. The molecule has 0 spiro atoms. The number of anilines is 1. The summed E-state index contributed by atoms with van der Waals surface area (Å²) in [4.78, 5) is 40.2. The minimum atomic E-state index is -0.588. The molecule has 0 saturated carbocycles. The molecule has 1 amide bonds. The number of hydrogen-bond donors (Lipinski definition) is 1. The lowest BCUT2D eigenvalue weighted by atomic mass is 9.96. The average molecular weight is 422 g/mol. The zero-order chi connectivity index (χ0) is 22.6. The first kappa shape index (κ1) is 21.8. The van der Waals surface area contributed by atoms with Crippen molar-refractivity contribution in [3.63, 3.8) is 0 Å². The topological polar surface area (TPSA) is 128 Å². The predicted octanol–water partition coefficient (Wildman–Crippen LogP) is 4.08. The lowest BCUT2D eigenvalue weighted by Crippen LogP contribution is -2.16. The van der Waals surface area contributed by atoms with Crippen LogP contribution in [-0.4, -0.2) is 26.8 Å². The lowest BCUT2D eigenvalue weighted by molar-refractivity contribution is -0.384. The first-order valence-corrected chi connectivity index (χ1v) is 9.66. The number of benzene rings is 2. The molecule has 1 aromatic heterocycles. The molecule has 9 nitrogen and oxygen atoms in total. The molecule has 160 valence electrons. The molecule has 0 atom stereocenters. The van der Waals surface area contributed by atoms with Gasteiger partial charge < -0.3 is 9.84 Å². The Labute approximate surface area is 178 Å². The Balaban J connectivity index is 1.77. The van der Waals surface area contributed by atoms with Gasteiger partial charge in [0.25, 0.3) is 5.69 Å². The van der Waals surface area contributed by atoms with Crippen molar-refractivity contribution in [2.45, 2.75) is 39.0 Å². The van der Waals surface area contributed by atoms with E-state index in [0.29, 0.717) is 17.3 Å². The van der Waals surface area contributed by atoms with Crippen molar-refractivity contribution in [3.8, 4) is 0 Å². The van der Waals surface area contributed by atoms with Crippen LogP contribution in [0.15, 0.2) is 53.1 Å². The Kier molecular flexibility index (Phi) is 6.24. The largest absolute Gasteiger partial charge is 0.339 e. The van der Waals surface area contributed by atoms with E-state index >= 15 is 0 Å². The van der Waals surface area contributed by atoms with E-state index in [1.54, 1.807) is 30.3 Å². The Morgan fingerprint density at radius 1 is 1.13 bits per heavy atom. The van der Waals surface area contributed by atoms with Crippen LogP contribution in [0.4, 0.5) is 11.4 Å². The van der Waals surface area contributed by atoms with Crippen molar-refractivity contribution >= 4 is 23.1 Å². The third-order valence-corrected chi connectivity index (χ3v) is 4.47. The van der Waals surface area contributed by atoms with Crippen LogP contribution < -0.4 is 5.32 Å². The van der Waals surface area contributed by atoms with Crippen LogP contribution >= 0.6 is 0 Å². The highest BCUT2D eigenvalue weighted by molar-refractivity contribution is 6.14. The summed E-state index contributed by atoms with van der Waals surface area (Å²) in [5.41, 5.74) is 0.0963. The number of nitrogens with one attached hydrogen (secondary N) is 1. The number of nitrogens with zero attached hydrogens (tertiary/aromatic N) is 3. The molecular weight excluding hydrogens is 400 g/mol. The van der Waals surface area contributed by atoms with E-state index in [0.717, 1.165) is 0 Å². The molecule has 0 aliphatic carbocycles. The Morgan fingerprint density at radius 3 is 2.45 bits per heavy atom. The fraction of sp³-hybridized carbons (Fsp3) is 0.273. The molecule has 0 aliphatic heterocycles. The summed E-state index contributed by atoms with van der Waals surface area (Å²) in [5.74, 6) is 0.0798. The summed E-state index contributed by atoms with van der Waals surface area (Å²) >= 11 is 0. The van der Waals surface area contributed by atoms with Gasteiger partial charge in [-0.3, -0.25) is 19.7 Å². The van der Waals surface area contributed by atoms with Gasteiger partial charge in [0.05, 0.1) is 16.2 Å². The molecule has 3 aromatic rings. The molecule has 1 N–H and O–H groups in total. The summed E-state index contributed by atoms with van der Waals surface area (Å²) in [6.07, 6.45) is 0.269. The highest BCUT2D eigenvalue weighted by atomic mass is 16.6. The number of aromatic nitrogens is 2. The fourth-order valence-corrected chi connectivity index (χ4v) is 2.78. The van der Waals surface area contributed by atoms with Crippen LogP contribution in [0.25, 0.3) is 0 Å². The number of rotatable bonds is 7. The Hall–Kier alpha value is -3.88. The van der Waals surface area contributed by atoms with Gasteiger partial charge in [0.1, 0.15) is 0 Å². The van der Waals surface area contributed by atoms with Gasteiger partial charge >= 0.3 is 0 Å². The van der Waals surface area contributed by atoms with E-state index in [2.05, 4.69) is 15.5 Å². The van der Waals surface area contributed by atoms with Crippen molar-refractivity contribution in [2.75, 3.05) is 5.32 Å². The number of aryl methyl sites for hydroxylation is 1. The van der Waals surface area contributed by atoms with Crippen molar-refractivity contribution in [1.29, 1.82) is 0 Å². The molecule has 3 rings (SSSR count). The van der Waals surface area contributed by atoms with E-state index in [4.69, 9.17) is 4.52 Å². The maximum Gasteiger partial charge on any atom is 0.270 e. The predicted molar refractivity (Wildman–Crippen MR) is 113 cm³/mol. The standard InChI is InChI=1S/C22H22N4O5/c1-22(2,3)21-24-19(31-25-21)12-11-18(27)23-17-10-9-15(26(29)30)13-16(17)20(28)14-7-5-4-6-8-14/h4-10,13H,11-12H2,1-3H3,(H,23,27). The Morgan fingerprint density at radius 2 is 1.84 bits per heavy atom. The van der Waals surface area contributed by atoms with Crippen molar-refractivity contribution < 1.29 is 19.0 Å². The van der Waals surface area contributed by atoms with Gasteiger partial charge in [-0.05, 0) is 6.07 Å². The van der Waals surface area contributed by atoms with Crippen LogP contribution in [-0.2, 0) is 16.6 Å². The van der Waals surface area contributed by atoms with Crippen LogP contribution in [0.3, 0.4) is 0 Å². The molecule has 0 bridgehead atoms. The average Bonchev–Trinajstić information content (AvgIpc) is 3.22. The zero-order valence-electron chi connectivity index (χ0n) is 17.4. The molecule has 2 aromatic carbocycles. The van der Waals surface area contributed by atoms with Crippen LogP contribution in [0.5, 0.6) is 0 Å². The van der Waals surface area contributed by atoms with Gasteiger partial charge in [0, 0.05) is 36.0 Å². The number of nitro groups is 1. The maximum absolute atomic E-state index is 12.9. The lowest BCUT2D eigenvalue weighted by Gasteiger charge is -2.11. The van der Waals surface area contributed by atoms with Crippen molar-refractivity contribution in [3.05, 3.63) is 81.5 Å². The summed E-state index contributed by atoms with van der Waals surface area (Å²) in [6.45, 7) is 5.86. The van der Waals surface area contributed by atoms with Crippen LogP contribution in [0, 0.1) is 10.1 Å². The quantitative estimate of drug-likeness (QED) is 0.345. The van der Waals surface area contributed by atoms with Crippen molar-refractivity contribution in [1.82, 2.24) is 10.1 Å². The third-order valence-electron chi connectivity index (χ3n) is 4.47. The van der Waals surface area contributed by atoms with E-state index in [1.807, 2.05) is 20.8 Å². The number of ketones is 1. The fourth-order valence-electron chi connectivity index (χ4n) is 2.78. The molecule has 1 heterocycles. The first-order chi connectivity index (χ1) is 14.6. The number of non-ortho nitro benzene ring substituents is 1. The number of amides is 1. The van der Waals surface area contributed by atoms with Gasteiger partial charge in [-0.15, -0.1) is 0 Å². The van der Waals surface area contributed by atoms with E-state index in [9.17, 15) is 19.7 Å². The molecule has 0 fully saturated rings. The molecule has 0 aliphatic rings. The first-order valence-electron chi connectivity index (χ1n) is 9.66. The summed E-state index contributed by atoms with van der Waals surface area (Å²) in [5, 5.41) is 17.7. The molecule has 0 saturated heterocycles. The SMILES string of the molecule is CC(C)(C)c1noc(CCC(=O)Nc2ccc([N+](=O)[O-])cc2C(=O)c2ccccc2)n1. The van der Waals surface area contributed by atoms with Gasteiger partial charge in [0.15, 0.2) is 11.6 Å². The molecule has 9 heteroatoms. The van der Waals surface area contributed by atoms with Gasteiger partial charge in [-0.2, -0.15) is 4.98 Å². The Bertz CT molecular complexity index is 1120. The van der Waals surface area contributed by atoms with Gasteiger partial charge in [0.2, 0.25) is 11.8 Å². The highest BCUT2D eigenvalue weighted by Crippen LogP contribution is 2.25.